The first-order valence-electron chi connectivity index (χ1n) is 3.97. The van der Waals surface area contributed by atoms with Crippen molar-refractivity contribution in [1.29, 1.82) is 0 Å². The van der Waals surface area contributed by atoms with E-state index in [-0.39, 0.29) is 0 Å². The maximum Gasteiger partial charge on any atom is 0.107 e. The van der Waals surface area contributed by atoms with Gasteiger partial charge in [-0.3, -0.25) is 0 Å². The molecule has 66 valence electrons. The highest BCUT2D eigenvalue weighted by atomic mass is 16.3. The molecule has 1 atom stereocenters. The third kappa shape index (κ3) is 2.06. The second-order valence-corrected chi connectivity index (χ2v) is 3.47. The van der Waals surface area contributed by atoms with Crippen LogP contribution >= 0.6 is 0 Å². The molecule has 1 aromatic carbocycles. The SMILES string of the molecule is CC(C)(O)[C@H](O)c1ccccc1. The standard InChI is InChI=1S/C10H14O2/c1-10(2,12)9(11)8-6-4-3-5-7-8/h3-7,9,11-12H,1-2H3/t9-/m1/s1. The van der Waals surface area contributed by atoms with Crippen molar-refractivity contribution in [3.05, 3.63) is 35.9 Å². The summed E-state index contributed by atoms with van der Waals surface area (Å²) in [5.41, 5.74) is -0.341. The highest BCUT2D eigenvalue weighted by Crippen LogP contribution is 2.24. The molecule has 2 nitrogen and oxygen atoms in total. The van der Waals surface area contributed by atoms with Gasteiger partial charge in [0, 0.05) is 0 Å². The summed E-state index contributed by atoms with van der Waals surface area (Å²) in [6, 6.07) is 9.14. The Morgan fingerprint density at radius 2 is 1.67 bits per heavy atom. The fourth-order valence-electron chi connectivity index (χ4n) is 1.04. The van der Waals surface area contributed by atoms with Gasteiger partial charge in [0.15, 0.2) is 0 Å². The van der Waals surface area contributed by atoms with Crippen LogP contribution in [0.15, 0.2) is 30.3 Å². The molecule has 2 N–H and O–H groups in total. The molecule has 0 bridgehead atoms. The summed E-state index contributed by atoms with van der Waals surface area (Å²) in [5.74, 6) is 0. The molecular weight excluding hydrogens is 152 g/mol. The van der Waals surface area contributed by atoms with Crippen molar-refractivity contribution < 1.29 is 10.2 Å². The molecule has 0 amide bonds. The number of hydrogen-bond donors (Lipinski definition) is 2. The summed E-state index contributed by atoms with van der Waals surface area (Å²) in [6.45, 7) is 3.18. The highest BCUT2D eigenvalue weighted by Gasteiger charge is 2.25. The minimum atomic E-state index is -1.08. The van der Waals surface area contributed by atoms with E-state index >= 15 is 0 Å². The summed E-state index contributed by atoms with van der Waals surface area (Å²) in [4.78, 5) is 0. The molecule has 12 heavy (non-hydrogen) atoms. The molecule has 0 spiro atoms. The van der Waals surface area contributed by atoms with Crippen LogP contribution in [0.25, 0.3) is 0 Å². The highest BCUT2D eigenvalue weighted by molar-refractivity contribution is 5.19. The predicted molar refractivity (Wildman–Crippen MR) is 47.7 cm³/mol. The Morgan fingerprint density at radius 1 is 1.17 bits per heavy atom. The van der Waals surface area contributed by atoms with Crippen LogP contribution < -0.4 is 0 Å². The number of hydrogen-bond acceptors (Lipinski definition) is 2. The minimum absolute atomic E-state index is 0.741. The number of aliphatic hydroxyl groups excluding tert-OH is 1. The predicted octanol–water partition coefficient (Wildman–Crippen LogP) is 1.49. The van der Waals surface area contributed by atoms with E-state index in [9.17, 15) is 10.2 Å². The molecule has 2 heteroatoms. The van der Waals surface area contributed by atoms with Crippen molar-refractivity contribution >= 4 is 0 Å². The van der Waals surface area contributed by atoms with Gasteiger partial charge in [-0.25, -0.2) is 0 Å². The lowest BCUT2D eigenvalue weighted by Crippen LogP contribution is -2.28. The molecular formula is C10H14O2. The summed E-state index contributed by atoms with van der Waals surface area (Å²) in [6.07, 6.45) is -0.821. The molecule has 0 radical (unpaired) electrons. The summed E-state index contributed by atoms with van der Waals surface area (Å²) in [5, 5.41) is 19.1. The van der Waals surface area contributed by atoms with E-state index in [4.69, 9.17) is 0 Å². The average molecular weight is 166 g/mol. The topological polar surface area (TPSA) is 40.5 Å². The molecule has 1 aromatic rings. The van der Waals surface area contributed by atoms with Crippen LogP contribution in [0.3, 0.4) is 0 Å². The molecule has 0 aliphatic rings. The number of rotatable bonds is 2. The third-order valence-electron chi connectivity index (χ3n) is 1.78. The number of benzene rings is 1. The summed E-state index contributed by atoms with van der Waals surface area (Å²) >= 11 is 0. The lowest BCUT2D eigenvalue weighted by molar-refractivity contribution is -0.0496. The van der Waals surface area contributed by atoms with Gasteiger partial charge in [-0.2, -0.15) is 0 Å². The molecule has 0 heterocycles. The molecule has 0 saturated carbocycles. The lowest BCUT2D eigenvalue weighted by atomic mass is 9.95. The van der Waals surface area contributed by atoms with E-state index in [0.717, 1.165) is 5.56 Å². The molecule has 0 unspecified atom stereocenters. The van der Waals surface area contributed by atoms with Crippen LogP contribution in [0.4, 0.5) is 0 Å². The van der Waals surface area contributed by atoms with Gasteiger partial charge in [-0.1, -0.05) is 30.3 Å². The molecule has 0 saturated heterocycles. The van der Waals surface area contributed by atoms with Gasteiger partial charge in [0.2, 0.25) is 0 Å². The molecule has 0 aliphatic heterocycles. The van der Waals surface area contributed by atoms with Crippen LogP contribution in [-0.4, -0.2) is 15.8 Å². The fourth-order valence-corrected chi connectivity index (χ4v) is 1.04. The number of aliphatic hydroxyl groups is 2. The van der Waals surface area contributed by atoms with Crippen molar-refractivity contribution in [2.75, 3.05) is 0 Å². The van der Waals surface area contributed by atoms with Crippen molar-refractivity contribution in [3.8, 4) is 0 Å². The Labute approximate surface area is 72.5 Å². The Balaban J connectivity index is 2.86. The third-order valence-corrected chi connectivity index (χ3v) is 1.78. The minimum Gasteiger partial charge on any atom is -0.387 e. The monoisotopic (exact) mass is 166 g/mol. The zero-order valence-electron chi connectivity index (χ0n) is 7.36. The van der Waals surface area contributed by atoms with Gasteiger partial charge in [0.05, 0.1) is 5.60 Å². The van der Waals surface area contributed by atoms with Crippen molar-refractivity contribution in [3.63, 3.8) is 0 Å². The molecule has 0 fully saturated rings. The van der Waals surface area contributed by atoms with Crippen molar-refractivity contribution in [2.24, 2.45) is 0 Å². The first kappa shape index (κ1) is 9.23. The normalized spacial score (nSPS) is 14.3. The maximum absolute atomic E-state index is 9.61. The first-order chi connectivity index (χ1) is 5.52. The second kappa shape index (κ2) is 3.25. The van der Waals surface area contributed by atoms with Gasteiger partial charge in [-0.05, 0) is 19.4 Å². The lowest BCUT2D eigenvalue weighted by Gasteiger charge is -2.24. The zero-order valence-corrected chi connectivity index (χ0v) is 7.36. The van der Waals surface area contributed by atoms with Gasteiger partial charge >= 0.3 is 0 Å². The van der Waals surface area contributed by atoms with Crippen LogP contribution in [0.1, 0.15) is 25.5 Å². The Morgan fingerprint density at radius 3 is 2.08 bits per heavy atom. The van der Waals surface area contributed by atoms with E-state index in [1.807, 2.05) is 18.2 Å². The van der Waals surface area contributed by atoms with E-state index in [0.29, 0.717) is 0 Å². The average Bonchev–Trinajstić information content (AvgIpc) is 2.03. The van der Waals surface area contributed by atoms with Crippen LogP contribution in [-0.2, 0) is 0 Å². The van der Waals surface area contributed by atoms with E-state index in [1.54, 1.807) is 26.0 Å². The van der Waals surface area contributed by atoms with E-state index in [2.05, 4.69) is 0 Å². The summed E-state index contributed by atoms with van der Waals surface area (Å²) in [7, 11) is 0. The Hall–Kier alpha value is -0.860. The molecule has 0 aliphatic carbocycles. The van der Waals surface area contributed by atoms with Gasteiger partial charge in [0.1, 0.15) is 6.10 Å². The van der Waals surface area contributed by atoms with Crippen molar-refractivity contribution in [2.45, 2.75) is 25.6 Å². The largest absolute Gasteiger partial charge is 0.387 e. The molecule has 0 aromatic heterocycles. The quantitative estimate of drug-likeness (QED) is 0.698. The van der Waals surface area contributed by atoms with Gasteiger partial charge < -0.3 is 10.2 Å². The maximum atomic E-state index is 9.61. The Bertz CT molecular complexity index is 236. The second-order valence-electron chi connectivity index (χ2n) is 3.47. The van der Waals surface area contributed by atoms with E-state index < -0.39 is 11.7 Å². The van der Waals surface area contributed by atoms with Crippen LogP contribution in [0, 0.1) is 0 Å². The smallest absolute Gasteiger partial charge is 0.107 e. The fraction of sp³-hybridized carbons (Fsp3) is 0.400. The Kier molecular flexibility index (Phi) is 2.50. The van der Waals surface area contributed by atoms with Gasteiger partial charge in [0.25, 0.3) is 0 Å². The van der Waals surface area contributed by atoms with Crippen LogP contribution in [0.5, 0.6) is 0 Å². The van der Waals surface area contributed by atoms with Crippen LogP contribution in [0.2, 0.25) is 0 Å². The zero-order chi connectivity index (χ0) is 9.19. The van der Waals surface area contributed by atoms with E-state index in [1.165, 1.54) is 0 Å². The summed E-state index contributed by atoms with van der Waals surface area (Å²) < 4.78 is 0. The van der Waals surface area contributed by atoms with Gasteiger partial charge in [-0.15, -0.1) is 0 Å². The van der Waals surface area contributed by atoms with Crippen molar-refractivity contribution in [1.82, 2.24) is 0 Å². The molecule has 1 rings (SSSR count). The first-order valence-corrected chi connectivity index (χ1v) is 3.97.